The topological polar surface area (TPSA) is 50.4 Å². The maximum absolute atomic E-state index is 12.4. The molecule has 1 heterocycles. The molecule has 0 saturated carbocycles. The highest BCUT2D eigenvalue weighted by molar-refractivity contribution is 14.1. The lowest BCUT2D eigenvalue weighted by Crippen LogP contribution is -2.47. The molecule has 0 bridgehead atoms. The van der Waals surface area contributed by atoms with E-state index >= 15 is 0 Å². The van der Waals surface area contributed by atoms with E-state index in [0.29, 0.717) is 17.4 Å². The van der Waals surface area contributed by atoms with Gasteiger partial charge in [0.15, 0.2) is 0 Å². The van der Waals surface area contributed by atoms with Gasteiger partial charge in [-0.15, -0.1) is 0 Å². The predicted octanol–water partition coefficient (Wildman–Crippen LogP) is 2.56. The summed E-state index contributed by atoms with van der Waals surface area (Å²) >= 11 is 2.20. The summed E-state index contributed by atoms with van der Waals surface area (Å²) in [5.74, 6) is 0.691. The number of methoxy groups -OCH3 is 1. The molecule has 1 aliphatic heterocycles. The van der Waals surface area contributed by atoms with Gasteiger partial charge >= 0.3 is 0 Å². The SMILES string of the molecule is CC[C@H](NC(=O)c1cc(I)cc(OC)c1)C1CCCN1. The third-order valence-electron chi connectivity index (χ3n) is 3.71. The van der Waals surface area contributed by atoms with Crippen LogP contribution in [0.25, 0.3) is 0 Å². The largest absolute Gasteiger partial charge is 0.497 e. The number of carbonyl (C=O) groups is 1. The van der Waals surface area contributed by atoms with Crippen molar-refractivity contribution in [1.29, 1.82) is 0 Å². The second kappa shape index (κ2) is 7.26. The van der Waals surface area contributed by atoms with Crippen molar-refractivity contribution in [3.8, 4) is 5.75 Å². The monoisotopic (exact) mass is 388 g/mol. The normalized spacial score (nSPS) is 19.6. The minimum absolute atomic E-state index is 0.0256. The molecule has 2 rings (SSSR count). The molecule has 20 heavy (non-hydrogen) atoms. The number of rotatable bonds is 5. The van der Waals surface area contributed by atoms with E-state index in [-0.39, 0.29) is 11.9 Å². The van der Waals surface area contributed by atoms with Crippen LogP contribution in [0.15, 0.2) is 18.2 Å². The smallest absolute Gasteiger partial charge is 0.251 e. The molecule has 1 fully saturated rings. The Morgan fingerprint density at radius 3 is 2.95 bits per heavy atom. The van der Waals surface area contributed by atoms with Crippen LogP contribution in [-0.4, -0.2) is 31.6 Å². The highest BCUT2D eigenvalue weighted by Crippen LogP contribution is 2.19. The molecule has 2 atom stereocenters. The van der Waals surface area contributed by atoms with Crippen molar-refractivity contribution in [2.75, 3.05) is 13.7 Å². The van der Waals surface area contributed by atoms with Crippen LogP contribution in [0.3, 0.4) is 0 Å². The summed E-state index contributed by atoms with van der Waals surface area (Å²) in [6.45, 7) is 3.16. The van der Waals surface area contributed by atoms with Crippen molar-refractivity contribution in [3.63, 3.8) is 0 Å². The Kier molecular flexibility index (Phi) is 5.65. The van der Waals surface area contributed by atoms with Gasteiger partial charge in [0.25, 0.3) is 5.91 Å². The van der Waals surface area contributed by atoms with Crippen LogP contribution >= 0.6 is 22.6 Å². The zero-order valence-corrected chi connectivity index (χ0v) is 14.1. The average Bonchev–Trinajstić information content (AvgIpc) is 2.97. The number of hydrogen-bond acceptors (Lipinski definition) is 3. The molecule has 0 radical (unpaired) electrons. The van der Waals surface area contributed by atoms with E-state index < -0.39 is 0 Å². The number of nitrogens with one attached hydrogen (secondary N) is 2. The third-order valence-corrected chi connectivity index (χ3v) is 4.33. The van der Waals surface area contributed by atoms with Crippen molar-refractivity contribution in [2.24, 2.45) is 0 Å². The van der Waals surface area contributed by atoms with Gasteiger partial charge in [0.1, 0.15) is 5.75 Å². The molecular weight excluding hydrogens is 367 g/mol. The molecule has 5 heteroatoms. The molecule has 110 valence electrons. The van der Waals surface area contributed by atoms with Gasteiger partial charge in [-0.3, -0.25) is 4.79 Å². The number of hydrogen-bond donors (Lipinski definition) is 2. The Hall–Kier alpha value is -0.820. The summed E-state index contributed by atoms with van der Waals surface area (Å²) in [5.41, 5.74) is 0.658. The summed E-state index contributed by atoms with van der Waals surface area (Å²) in [6, 6.07) is 6.16. The van der Waals surface area contributed by atoms with E-state index in [0.717, 1.165) is 23.0 Å². The Labute approximate surface area is 133 Å². The first kappa shape index (κ1) is 15.6. The van der Waals surface area contributed by atoms with Crippen molar-refractivity contribution in [1.82, 2.24) is 10.6 Å². The van der Waals surface area contributed by atoms with Gasteiger partial charge < -0.3 is 15.4 Å². The van der Waals surface area contributed by atoms with Crippen LogP contribution in [0.2, 0.25) is 0 Å². The van der Waals surface area contributed by atoms with Crippen LogP contribution in [0.4, 0.5) is 0 Å². The molecule has 4 nitrogen and oxygen atoms in total. The first-order valence-electron chi connectivity index (χ1n) is 7.03. The molecule has 1 amide bonds. The van der Waals surface area contributed by atoms with Crippen LogP contribution in [-0.2, 0) is 0 Å². The Balaban J connectivity index is 2.08. The number of carbonyl (C=O) groups excluding carboxylic acids is 1. The van der Waals surface area contributed by atoms with E-state index in [1.165, 1.54) is 6.42 Å². The molecule has 0 spiro atoms. The summed E-state index contributed by atoms with van der Waals surface area (Å²) in [6.07, 6.45) is 3.26. The summed E-state index contributed by atoms with van der Waals surface area (Å²) in [4.78, 5) is 12.4. The van der Waals surface area contributed by atoms with Gasteiger partial charge in [-0.2, -0.15) is 0 Å². The molecule has 1 aliphatic rings. The van der Waals surface area contributed by atoms with Gasteiger partial charge in [-0.1, -0.05) is 6.92 Å². The molecule has 0 aliphatic carbocycles. The zero-order valence-electron chi connectivity index (χ0n) is 11.9. The molecular formula is C15H21IN2O2. The molecule has 1 aromatic rings. The van der Waals surface area contributed by atoms with Crippen molar-refractivity contribution >= 4 is 28.5 Å². The lowest BCUT2D eigenvalue weighted by atomic mass is 10.0. The number of halogens is 1. The lowest BCUT2D eigenvalue weighted by Gasteiger charge is -2.23. The molecule has 0 aromatic heterocycles. The minimum atomic E-state index is -0.0256. The first-order chi connectivity index (χ1) is 9.63. The fourth-order valence-corrected chi connectivity index (χ4v) is 3.25. The average molecular weight is 388 g/mol. The summed E-state index contributed by atoms with van der Waals surface area (Å²) in [5, 5.41) is 6.60. The minimum Gasteiger partial charge on any atom is -0.497 e. The molecule has 1 unspecified atom stereocenters. The first-order valence-corrected chi connectivity index (χ1v) is 8.10. The highest BCUT2D eigenvalue weighted by atomic mass is 127. The Morgan fingerprint density at radius 2 is 2.35 bits per heavy atom. The van der Waals surface area contributed by atoms with Gasteiger partial charge in [-0.05, 0) is 66.6 Å². The van der Waals surface area contributed by atoms with Gasteiger partial charge in [0, 0.05) is 21.2 Å². The third kappa shape index (κ3) is 3.85. The molecule has 1 saturated heterocycles. The van der Waals surface area contributed by atoms with Gasteiger partial charge in [0.05, 0.1) is 7.11 Å². The van der Waals surface area contributed by atoms with Crippen molar-refractivity contribution < 1.29 is 9.53 Å². The highest BCUT2D eigenvalue weighted by Gasteiger charge is 2.25. The second-order valence-electron chi connectivity index (χ2n) is 5.07. The Bertz CT molecular complexity index is 473. The van der Waals surface area contributed by atoms with E-state index in [4.69, 9.17) is 4.74 Å². The Morgan fingerprint density at radius 1 is 1.55 bits per heavy atom. The summed E-state index contributed by atoms with van der Waals surface area (Å²) < 4.78 is 6.22. The zero-order chi connectivity index (χ0) is 14.5. The van der Waals surface area contributed by atoms with Crippen LogP contribution < -0.4 is 15.4 Å². The van der Waals surface area contributed by atoms with E-state index in [2.05, 4.69) is 40.1 Å². The number of benzene rings is 1. The number of ether oxygens (including phenoxy) is 1. The maximum Gasteiger partial charge on any atom is 0.251 e. The van der Waals surface area contributed by atoms with E-state index in [1.54, 1.807) is 13.2 Å². The van der Waals surface area contributed by atoms with Crippen LogP contribution in [0, 0.1) is 3.57 Å². The summed E-state index contributed by atoms with van der Waals surface area (Å²) in [7, 11) is 1.62. The number of amides is 1. The van der Waals surface area contributed by atoms with Crippen LogP contribution in [0.1, 0.15) is 36.5 Å². The predicted molar refractivity (Wildman–Crippen MR) is 88.3 cm³/mol. The van der Waals surface area contributed by atoms with Gasteiger partial charge in [-0.25, -0.2) is 0 Å². The standard InChI is InChI=1S/C15H21IN2O2/c1-3-13(14-5-4-6-17-14)18-15(19)10-7-11(16)9-12(8-10)20-2/h7-9,13-14,17H,3-6H2,1-2H3,(H,18,19)/t13-,14?/m0/s1. The lowest BCUT2D eigenvalue weighted by molar-refractivity contribution is 0.0927. The second-order valence-corrected chi connectivity index (χ2v) is 6.32. The fraction of sp³-hybridized carbons (Fsp3) is 0.533. The molecule has 2 N–H and O–H groups in total. The fourth-order valence-electron chi connectivity index (χ4n) is 2.61. The quantitative estimate of drug-likeness (QED) is 0.763. The maximum atomic E-state index is 12.4. The van der Waals surface area contributed by atoms with E-state index in [1.807, 2.05) is 12.1 Å². The van der Waals surface area contributed by atoms with Crippen LogP contribution in [0.5, 0.6) is 5.75 Å². The van der Waals surface area contributed by atoms with Gasteiger partial charge in [0.2, 0.25) is 0 Å². The van der Waals surface area contributed by atoms with Crippen molar-refractivity contribution in [2.45, 2.75) is 38.3 Å². The molecule has 1 aromatic carbocycles. The van der Waals surface area contributed by atoms with E-state index in [9.17, 15) is 4.79 Å². The van der Waals surface area contributed by atoms with Crippen molar-refractivity contribution in [3.05, 3.63) is 27.3 Å².